The van der Waals surface area contributed by atoms with E-state index in [1.54, 1.807) is 0 Å². The van der Waals surface area contributed by atoms with Gasteiger partial charge >= 0.3 is 0 Å². The van der Waals surface area contributed by atoms with Gasteiger partial charge in [0.1, 0.15) is 5.56 Å². The molecule has 5 heteroatoms. The van der Waals surface area contributed by atoms with E-state index in [-0.39, 0.29) is 12.0 Å². The molecular weight excluding hydrogens is 256 g/mol. The summed E-state index contributed by atoms with van der Waals surface area (Å²) < 4.78 is 10.7. The number of hydrogen-bond acceptors (Lipinski definition) is 4. The summed E-state index contributed by atoms with van der Waals surface area (Å²) in [6.07, 6.45) is 3.63. The zero-order valence-corrected chi connectivity index (χ0v) is 11.0. The van der Waals surface area contributed by atoms with Crippen molar-refractivity contribution in [1.82, 2.24) is 10.5 Å². The summed E-state index contributed by atoms with van der Waals surface area (Å²) in [5.41, 5.74) is 1.29. The van der Waals surface area contributed by atoms with E-state index in [2.05, 4.69) is 10.5 Å². The topological polar surface area (TPSA) is 64.4 Å². The highest BCUT2D eigenvalue weighted by Crippen LogP contribution is 2.23. The van der Waals surface area contributed by atoms with Gasteiger partial charge in [0.25, 0.3) is 5.91 Å². The zero-order valence-electron chi connectivity index (χ0n) is 11.0. The van der Waals surface area contributed by atoms with Crippen LogP contribution in [0.15, 0.2) is 41.1 Å². The van der Waals surface area contributed by atoms with Crippen LogP contribution in [0.2, 0.25) is 0 Å². The normalized spacial score (nSPS) is 18.1. The lowest BCUT2D eigenvalue weighted by atomic mass is 10.1. The molecule has 1 aromatic heterocycles. The molecule has 3 rings (SSSR count). The molecule has 20 heavy (non-hydrogen) atoms. The molecule has 104 valence electrons. The monoisotopic (exact) mass is 272 g/mol. The quantitative estimate of drug-likeness (QED) is 0.927. The van der Waals surface area contributed by atoms with Gasteiger partial charge in [-0.15, -0.1) is 0 Å². The Balaban J connectivity index is 1.70. The van der Waals surface area contributed by atoms with Crippen molar-refractivity contribution in [2.24, 2.45) is 0 Å². The second-order valence-electron chi connectivity index (χ2n) is 4.78. The van der Waals surface area contributed by atoms with Crippen LogP contribution in [-0.2, 0) is 4.74 Å². The Bertz CT molecular complexity index is 574. The van der Waals surface area contributed by atoms with E-state index in [9.17, 15) is 4.79 Å². The highest BCUT2D eigenvalue weighted by molar-refractivity contribution is 5.99. The van der Waals surface area contributed by atoms with Gasteiger partial charge in [0, 0.05) is 18.7 Å². The van der Waals surface area contributed by atoms with Crippen molar-refractivity contribution in [1.29, 1.82) is 0 Å². The Morgan fingerprint density at radius 3 is 2.95 bits per heavy atom. The molecule has 1 aromatic carbocycles. The summed E-state index contributed by atoms with van der Waals surface area (Å²) in [4.78, 5) is 12.2. The van der Waals surface area contributed by atoms with Gasteiger partial charge in [0.2, 0.25) is 0 Å². The lowest BCUT2D eigenvalue weighted by Crippen LogP contribution is -2.31. The van der Waals surface area contributed by atoms with Gasteiger partial charge in [-0.25, -0.2) is 0 Å². The summed E-state index contributed by atoms with van der Waals surface area (Å²) in [5, 5.41) is 6.61. The molecule has 2 aromatic rings. The smallest absolute Gasteiger partial charge is 0.256 e. The Morgan fingerprint density at radius 1 is 1.35 bits per heavy atom. The first-order valence-corrected chi connectivity index (χ1v) is 6.74. The maximum atomic E-state index is 12.2. The van der Waals surface area contributed by atoms with E-state index in [1.807, 2.05) is 30.3 Å². The molecule has 5 nitrogen and oxygen atoms in total. The minimum atomic E-state index is -0.180. The van der Waals surface area contributed by atoms with Crippen molar-refractivity contribution in [2.75, 3.05) is 13.2 Å². The molecule has 0 aliphatic carbocycles. The number of aromatic nitrogens is 1. The van der Waals surface area contributed by atoms with Crippen molar-refractivity contribution in [2.45, 2.75) is 18.9 Å². The number of ether oxygens (including phenoxy) is 1. The first-order valence-electron chi connectivity index (χ1n) is 6.74. The standard InChI is InChI=1S/C15H16N2O3/c18-15(16-9-12-7-4-8-19-12)13-10-17-20-14(13)11-5-2-1-3-6-11/h1-3,5-6,10,12H,4,7-9H2,(H,16,18). The van der Waals surface area contributed by atoms with Crippen molar-refractivity contribution in [3.05, 3.63) is 42.1 Å². The second-order valence-corrected chi connectivity index (χ2v) is 4.78. The minimum absolute atomic E-state index is 0.124. The van der Waals surface area contributed by atoms with Crippen molar-refractivity contribution < 1.29 is 14.1 Å². The minimum Gasteiger partial charge on any atom is -0.376 e. The van der Waals surface area contributed by atoms with Gasteiger partial charge < -0.3 is 14.6 Å². The molecule has 0 radical (unpaired) electrons. The predicted molar refractivity (Wildman–Crippen MR) is 73.2 cm³/mol. The van der Waals surface area contributed by atoms with E-state index in [1.165, 1.54) is 6.20 Å². The highest BCUT2D eigenvalue weighted by atomic mass is 16.5. The van der Waals surface area contributed by atoms with Crippen LogP contribution in [0.25, 0.3) is 11.3 Å². The van der Waals surface area contributed by atoms with E-state index in [4.69, 9.17) is 9.26 Å². The Kier molecular flexibility index (Phi) is 3.78. The summed E-state index contributed by atoms with van der Waals surface area (Å²) in [7, 11) is 0. The Hall–Kier alpha value is -2.14. The van der Waals surface area contributed by atoms with Gasteiger partial charge in [-0.05, 0) is 12.8 Å². The van der Waals surface area contributed by atoms with Crippen LogP contribution < -0.4 is 5.32 Å². The molecule has 0 spiro atoms. The summed E-state index contributed by atoms with van der Waals surface area (Å²) in [6.45, 7) is 1.31. The maximum absolute atomic E-state index is 12.2. The molecule has 1 aliphatic heterocycles. The molecule has 2 heterocycles. The third-order valence-electron chi connectivity index (χ3n) is 3.37. The average Bonchev–Trinajstić information content (AvgIpc) is 3.17. The Labute approximate surface area is 116 Å². The van der Waals surface area contributed by atoms with Crippen LogP contribution in [0.1, 0.15) is 23.2 Å². The van der Waals surface area contributed by atoms with Crippen LogP contribution >= 0.6 is 0 Å². The van der Waals surface area contributed by atoms with Gasteiger partial charge in [-0.1, -0.05) is 35.5 Å². The number of nitrogens with one attached hydrogen (secondary N) is 1. The number of nitrogens with zero attached hydrogens (tertiary/aromatic N) is 1. The number of benzene rings is 1. The Morgan fingerprint density at radius 2 is 2.20 bits per heavy atom. The summed E-state index contributed by atoms with van der Waals surface area (Å²) >= 11 is 0. The van der Waals surface area contributed by atoms with Gasteiger partial charge in [0.05, 0.1) is 12.3 Å². The lowest BCUT2D eigenvalue weighted by molar-refractivity contribution is 0.0858. The van der Waals surface area contributed by atoms with Crippen LogP contribution in [0.5, 0.6) is 0 Å². The number of rotatable bonds is 4. The van der Waals surface area contributed by atoms with Crippen LogP contribution in [0.3, 0.4) is 0 Å². The molecule has 0 bridgehead atoms. The highest BCUT2D eigenvalue weighted by Gasteiger charge is 2.20. The molecule has 1 saturated heterocycles. The SMILES string of the molecule is O=C(NCC1CCCO1)c1cnoc1-c1ccccc1. The van der Waals surface area contributed by atoms with Crippen LogP contribution in [0.4, 0.5) is 0 Å². The fourth-order valence-corrected chi connectivity index (χ4v) is 2.31. The number of carbonyl (C=O) groups excluding carboxylic acids is 1. The lowest BCUT2D eigenvalue weighted by Gasteiger charge is -2.10. The van der Waals surface area contributed by atoms with Crippen LogP contribution in [0, 0.1) is 0 Å². The first kappa shape index (κ1) is 12.9. The van der Waals surface area contributed by atoms with Crippen LogP contribution in [-0.4, -0.2) is 30.3 Å². The van der Waals surface area contributed by atoms with E-state index in [0.29, 0.717) is 17.9 Å². The molecule has 1 N–H and O–H groups in total. The van der Waals surface area contributed by atoms with E-state index in [0.717, 1.165) is 25.0 Å². The number of hydrogen-bond donors (Lipinski definition) is 1. The van der Waals surface area contributed by atoms with Crippen molar-refractivity contribution >= 4 is 5.91 Å². The molecule has 1 aliphatic rings. The molecular formula is C15H16N2O3. The average molecular weight is 272 g/mol. The molecule has 1 fully saturated rings. The van der Waals surface area contributed by atoms with Gasteiger partial charge in [0.15, 0.2) is 5.76 Å². The maximum Gasteiger partial charge on any atom is 0.256 e. The molecule has 0 saturated carbocycles. The molecule has 1 atom stereocenters. The summed E-state index contributed by atoms with van der Waals surface area (Å²) in [5.74, 6) is 0.316. The van der Waals surface area contributed by atoms with Crippen molar-refractivity contribution in [3.8, 4) is 11.3 Å². The third kappa shape index (κ3) is 2.72. The largest absolute Gasteiger partial charge is 0.376 e. The van der Waals surface area contributed by atoms with Crippen molar-refractivity contribution in [3.63, 3.8) is 0 Å². The first-order chi connectivity index (χ1) is 9.84. The zero-order chi connectivity index (χ0) is 13.8. The fourth-order valence-electron chi connectivity index (χ4n) is 2.31. The fraction of sp³-hybridized carbons (Fsp3) is 0.333. The molecule has 1 amide bonds. The number of carbonyl (C=O) groups is 1. The predicted octanol–water partition coefficient (Wildman–Crippen LogP) is 2.25. The van der Waals surface area contributed by atoms with E-state index < -0.39 is 0 Å². The van der Waals surface area contributed by atoms with Gasteiger partial charge in [-0.2, -0.15) is 0 Å². The van der Waals surface area contributed by atoms with E-state index >= 15 is 0 Å². The van der Waals surface area contributed by atoms with Gasteiger partial charge in [-0.3, -0.25) is 4.79 Å². The summed E-state index contributed by atoms with van der Waals surface area (Å²) in [6, 6.07) is 9.48. The third-order valence-corrected chi connectivity index (χ3v) is 3.37. The molecule has 1 unspecified atom stereocenters. The second kappa shape index (κ2) is 5.88. The number of amides is 1.